The van der Waals surface area contributed by atoms with E-state index in [0.29, 0.717) is 0 Å². The van der Waals surface area contributed by atoms with Crippen molar-refractivity contribution in [2.24, 2.45) is 5.73 Å². The van der Waals surface area contributed by atoms with Crippen LogP contribution in [0, 0.1) is 0 Å². The SMILES string of the molecule is CCCCCCCC(C)(N)c1ccc(CC)cc1. The molecule has 1 heteroatoms. The number of aryl methyl sites for hydroxylation is 1. The van der Waals surface area contributed by atoms with E-state index in [9.17, 15) is 0 Å². The Bertz CT molecular complexity index is 324. The Morgan fingerprint density at radius 3 is 2.11 bits per heavy atom. The molecule has 1 atom stereocenters. The third-order valence-electron chi connectivity index (χ3n) is 3.82. The third kappa shape index (κ3) is 4.81. The standard InChI is InChI=1S/C17H29N/c1-4-6-7-8-9-14-17(3,18)16-12-10-15(5-2)11-13-16/h10-13H,4-9,14,18H2,1-3H3. The molecule has 0 heterocycles. The van der Waals surface area contributed by atoms with Gasteiger partial charge in [0.2, 0.25) is 0 Å². The first kappa shape index (κ1) is 15.2. The van der Waals surface area contributed by atoms with Gasteiger partial charge in [-0.1, -0.05) is 70.2 Å². The van der Waals surface area contributed by atoms with Crippen LogP contribution in [0.25, 0.3) is 0 Å². The van der Waals surface area contributed by atoms with Gasteiger partial charge in [-0.2, -0.15) is 0 Å². The van der Waals surface area contributed by atoms with Crippen molar-refractivity contribution in [3.63, 3.8) is 0 Å². The van der Waals surface area contributed by atoms with Crippen molar-refractivity contribution < 1.29 is 0 Å². The molecule has 0 spiro atoms. The molecule has 1 aromatic rings. The monoisotopic (exact) mass is 247 g/mol. The Kier molecular flexibility index (Phi) is 6.42. The van der Waals surface area contributed by atoms with E-state index in [4.69, 9.17) is 5.73 Å². The second-order valence-corrected chi connectivity index (χ2v) is 5.63. The molecule has 1 aromatic carbocycles. The Morgan fingerprint density at radius 2 is 1.56 bits per heavy atom. The topological polar surface area (TPSA) is 26.0 Å². The van der Waals surface area contributed by atoms with Crippen molar-refractivity contribution in [2.45, 2.75) is 71.3 Å². The third-order valence-corrected chi connectivity index (χ3v) is 3.82. The largest absolute Gasteiger partial charge is 0.322 e. The van der Waals surface area contributed by atoms with Crippen LogP contribution < -0.4 is 5.73 Å². The summed E-state index contributed by atoms with van der Waals surface area (Å²) >= 11 is 0. The molecule has 0 aliphatic heterocycles. The molecule has 102 valence electrons. The van der Waals surface area contributed by atoms with Crippen molar-refractivity contribution in [2.75, 3.05) is 0 Å². The van der Waals surface area contributed by atoms with Crippen molar-refractivity contribution >= 4 is 0 Å². The summed E-state index contributed by atoms with van der Waals surface area (Å²) in [6.07, 6.45) is 8.74. The van der Waals surface area contributed by atoms with E-state index in [1.54, 1.807) is 0 Å². The van der Waals surface area contributed by atoms with Crippen LogP contribution in [0.5, 0.6) is 0 Å². The van der Waals surface area contributed by atoms with Crippen LogP contribution >= 0.6 is 0 Å². The first-order valence-corrected chi connectivity index (χ1v) is 7.48. The number of unbranched alkanes of at least 4 members (excludes halogenated alkanes) is 4. The molecule has 0 aliphatic rings. The second kappa shape index (κ2) is 7.58. The van der Waals surface area contributed by atoms with E-state index in [2.05, 4.69) is 45.0 Å². The maximum absolute atomic E-state index is 6.44. The minimum Gasteiger partial charge on any atom is -0.322 e. The molecule has 1 rings (SSSR count). The van der Waals surface area contributed by atoms with Gasteiger partial charge in [-0.3, -0.25) is 0 Å². The fourth-order valence-electron chi connectivity index (χ4n) is 2.36. The predicted molar refractivity (Wildman–Crippen MR) is 80.7 cm³/mol. The summed E-state index contributed by atoms with van der Waals surface area (Å²) in [4.78, 5) is 0. The van der Waals surface area contributed by atoms with Crippen LogP contribution in [0.3, 0.4) is 0 Å². The highest BCUT2D eigenvalue weighted by molar-refractivity contribution is 5.27. The number of hydrogen-bond donors (Lipinski definition) is 1. The summed E-state index contributed by atoms with van der Waals surface area (Å²) < 4.78 is 0. The molecule has 0 aliphatic carbocycles. The predicted octanol–water partition coefficient (Wildman–Crippen LogP) is 4.78. The normalized spacial score (nSPS) is 14.4. The summed E-state index contributed by atoms with van der Waals surface area (Å²) in [6.45, 7) is 6.60. The summed E-state index contributed by atoms with van der Waals surface area (Å²) in [6, 6.07) is 8.81. The minimum absolute atomic E-state index is 0.168. The average molecular weight is 247 g/mol. The smallest absolute Gasteiger partial charge is 0.0381 e. The molecule has 0 fully saturated rings. The molecular weight excluding hydrogens is 218 g/mol. The lowest BCUT2D eigenvalue weighted by Gasteiger charge is -2.25. The summed E-state index contributed by atoms with van der Waals surface area (Å²) in [5.41, 5.74) is 8.94. The van der Waals surface area contributed by atoms with E-state index in [1.807, 2.05) is 0 Å². The van der Waals surface area contributed by atoms with Gasteiger partial charge in [0.25, 0.3) is 0 Å². The number of hydrogen-bond acceptors (Lipinski definition) is 1. The highest BCUT2D eigenvalue weighted by Gasteiger charge is 2.20. The number of rotatable bonds is 8. The summed E-state index contributed by atoms with van der Waals surface area (Å²) in [7, 11) is 0. The van der Waals surface area contributed by atoms with Crippen molar-refractivity contribution in [1.29, 1.82) is 0 Å². The second-order valence-electron chi connectivity index (χ2n) is 5.63. The van der Waals surface area contributed by atoms with Gasteiger partial charge in [-0.05, 0) is 30.9 Å². The van der Waals surface area contributed by atoms with Crippen LogP contribution in [0.2, 0.25) is 0 Å². The first-order chi connectivity index (χ1) is 8.60. The van der Waals surface area contributed by atoms with E-state index in [-0.39, 0.29) is 5.54 Å². The van der Waals surface area contributed by atoms with Crippen molar-refractivity contribution in [3.05, 3.63) is 35.4 Å². The van der Waals surface area contributed by atoms with Gasteiger partial charge in [-0.25, -0.2) is 0 Å². The average Bonchev–Trinajstić information content (AvgIpc) is 2.38. The maximum atomic E-state index is 6.44. The van der Waals surface area contributed by atoms with Crippen LogP contribution in [0.15, 0.2) is 24.3 Å². The highest BCUT2D eigenvalue weighted by atomic mass is 14.7. The molecule has 0 saturated heterocycles. The van der Waals surface area contributed by atoms with E-state index < -0.39 is 0 Å². The fourth-order valence-corrected chi connectivity index (χ4v) is 2.36. The van der Waals surface area contributed by atoms with Gasteiger partial charge in [0.05, 0.1) is 0 Å². The van der Waals surface area contributed by atoms with E-state index >= 15 is 0 Å². The van der Waals surface area contributed by atoms with Gasteiger partial charge in [0.15, 0.2) is 0 Å². The lowest BCUT2D eigenvalue weighted by Crippen LogP contribution is -2.32. The van der Waals surface area contributed by atoms with Crippen molar-refractivity contribution in [3.8, 4) is 0 Å². The zero-order valence-electron chi connectivity index (χ0n) is 12.3. The van der Waals surface area contributed by atoms with Gasteiger partial charge in [-0.15, -0.1) is 0 Å². The molecule has 2 N–H and O–H groups in total. The quantitative estimate of drug-likeness (QED) is 0.657. The Balaban J connectivity index is 2.45. The van der Waals surface area contributed by atoms with Crippen LogP contribution in [0.1, 0.15) is 70.4 Å². The van der Waals surface area contributed by atoms with E-state index in [1.165, 1.54) is 43.2 Å². The summed E-state index contributed by atoms with van der Waals surface area (Å²) in [5.74, 6) is 0. The van der Waals surface area contributed by atoms with Gasteiger partial charge in [0, 0.05) is 5.54 Å². The Morgan fingerprint density at radius 1 is 0.944 bits per heavy atom. The first-order valence-electron chi connectivity index (χ1n) is 7.48. The van der Waals surface area contributed by atoms with Crippen LogP contribution in [-0.4, -0.2) is 0 Å². The molecule has 0 amide bonds. The maximum Gasteiger partial charge on any atom is 0.0381 e. The van der Waals surface area contributed by atoms with Gasteiger partial charge >= 0.3 is 0 Å². The molecule has 0 radical (unpaired) electrons. The number of nitrogens with two attached hydrogens (primary N) is 1. The van der Waals surface area contributed by atoms with Crippen LogP contribution in [-0.2, 0) is 12.0 Å². The Hall–Kier alpha value is -0.820. The molecular formula is C17H29N. The number of benzene rings is 1. The Labute approximate surface area is 113 Å². The minimum atomic E-state index is -0.168. The lowest BCUT2D eigenvalue weighted by atomic mass is 9.87. The molecule has 1 nitrogen and oxygen atoms in total. The zero-order valence-corrected chi connectivity index (χ0v) is 12.3. The highest BCUT2D eigenvalue weighted by Crippen LogP contribution is 2.25. The molecule has 0 aromatic heterocycles. The van der Waals surface area contributed by atoms with Gasteiger partial charge in [0.1, 0.15) is 0 Å². The van der Waals surface area contributed by atoms with E-state index in [0.717, 1.165) is 12.8 Å². The fraction of sp³-hybridized carbons (Fsp3) is 0.647. The molecule has 0 bridgehead atoms. The zero-order chi connectivity index (χ0) is 13.4. The van der Waals surface area contributed by atoms with Gasteiger partial charge < -0.3 is 5.73 Å². The van der Waals surface area contributed by atoms with Crippen molar-refractivity contribution in [1.82, 2.24) is 0 Å². The molecule has 0 saturated carbocycles. The lowest BCUT2D eigenvalue weighted by molar-refractivity contribution is 0.422. The molecule has 1 unspecified atom stereocenters. The van der Waals surface area contributed by atoms with Crippen LogP contribution in [0.4, 0.5) is 0 Å². The molecule has 18 heavy (non-hydrogen) atoms. The summed E-state index contributed by atoms with van der Waals surface area (Å²) in [5, 5.41) is 0.